The molecule has 1 aliphatic heterocycles. The first-order valence-electron chi connectivity index (χ1n) is 9.44. The van der Waals surface area contributed by atoms with Crippen LogP contribution in [-0.2, 0) is 9.53 Å². The maximum atomic E-state index is 11.2. The molecule has 1 unspecified atom stereocenters. The van der Waals surface area contributed by atoms with Crippen molar-refractivity contribution in [3.8, 4) is 0 Å². The Balaban J connectivity index is 2.16. The van der Waals surface area contributed by atoms with Gasteiger partial charge in [-0.3, -0.25) is 4.79 Å². The molecule has 3 rings (SSSR count). The number of benzene rings is 1. The van der Waals surface area contributed by atoms with Crippen LogP contribution in [0.1, 0.15) is 37.6 Å². The molecule has 0 spiro atoms. The van der Waals surface area contributed by atoms with Gasteiger partial charge in [0.05, 0.1) is 12.5 Å². The highest BCUT2D eigenvalue weighted by Crippen LogP contribution is 2.35. The van der Waals surface area contributed by atoms with Gasteiger partial charge in [0, 0.05) is 49.5 Å². The number of nitrogens with zero attached hydrogens (tertiary/aromatic N) is 2. The Kier molecular flexibility index (Phi) is 6.80. The number of aldehydes is 1. The zero-order chi connectivity index (χ0) is 20.1. The van der Waals surface area contributed by atoms with E-state index in [0.29, 0.717) is 18.1 Å². The van der Waals surface area contributed by atoms with Crippen LogP contribution in [0.4, 0.5) is 5.69 Å². The molecule has 0 saturated carbocycles. The average Bonchev–Trinajstić information content (AvgIpc) is 3.33. The van der Waals surface area contributed by atoms with Crippen LogP contribution in [0.3, 0.4) is 0 Å². The Hall–Kier alpha value is -2.25. The number of oxazole rings is 1. The van der Waals surface area contributed by atoms with Gasteiger partial charge < -0.3 is 18.8 Å². The van der Waals surface area contributed by atoms with Crippen molar-refractivity contribution >= 4 is 40.6 Å². The molecule has 7 heteroatoms. The fourth-order valence-corrected chi connectivity index (χ4v) is 3.55. The molecule has 1 aromatic carbocycles. The SMILES string of the molecule is CCSNc1cc(C(/C=C(/C)C=O)=C/N(C)C)c2oc(C3CCOC3)nc2c1. The number of ether oxygens (including phenoxy) is 1. The van der Waals surface area contributed by atoms with E-state index >= 15 is 0 Å². The van der Waals surface area contributed by atoms with Gasteiger partial charge >= 0.3 is 0 Å². The summed E-state index contributed by atoms with van der Waals surface area (Å²) in [4.78, 5) is 17.9. The van der Waals surface area contributed by atoms with Crippen LogP contribution in [0.5, 0.6) is 0 Å². The number of fused-ring (bicyclic) bond motifs is 1. The standard InChI is InChI=1S/C21H27N3O3S/c1-5-28-23-17-9-18(16(11-24(3)4)8-14(2)12-25)20-19(10-17)22-21(27-20)15-6-7-26-13-15/h8-12,15,23H,5-7,13H2,1-4H3/b14-8-,16-11+. The lowest BCUT2D eigenvalue weighted by Crippen LogP contribution is -2.03. The smallest absolute Gasteiger partial charge is 0.201 e. The predicted octanol–water partition coefficient (Wildman–Crippen LogP) is 4.46. The normalized spacial score (nSPS) is 17.9. The van der Waals surface area contributed by atoms with Gasteiger partial charge in [0.25, 0.3) is 0 Å². The molecule has 1 N–H and O–H groups in total. The van der Waals surface area contributed by atoms with Gasteiger partial charge in [0.1, 0.15) is 11.8 Å². The molecule has 1 atom stereocenters. The van der Waals surface area contributed by atoms with Gasteiger partial charge in [-0.15, -0.1) is 0 Å². The minimum atomic E-state index is 0.190. The Labute approximate surface area is 170 Å². The van der Waals surface area contributed by atoms with Crippen molar-refractivity contribution in [2.24, 2.45) is 0 Å². The third kappa shape index (κ3) is 4.77. The topological polar surface area (TPSA) is 67.6 Å². The lowest BCUT2D eigenvalue weighted by molar-refractivity contribution is -0.104. The first-order valence-corrected chi connectivity index (χ1v) is 10.4. The third-order valence-electron chi connectivity index (χ3n) is 4.40. The molecule has 0 radical (unpaired) electrons. The quantitative estimate of drug-likeness (QED) is 0.303. The van der Waals surface area contributed by atoms with Gasteiger partial charge in [-0.25, -0.2) is 4.98 Å². The molecule has 1 aromatic heterocycles. The number of allylic oxidation sites excluding steroid dienone is 3. The average molecular weight is 402 g/mol. The largest absolute Gasteiger partial charge is 0.440 e. The van der Waals surface area contributed by atoms with E-state index in [0.717, 1.165) is 53.0 Å². The summed E-state index contributed by atoms with van der Waals surface area (Å²) in [6.45, 7) is 5.27. The van der Waals surface area contributed by atoms with Crippen molar-refractivity contribution in [1.82, 2.24) is 9.88 Å². The van der Waals surface area contributed by atoms with E-state index in [9.17, 15) is 4.79 Å². The predicted molar refractivity (Wildman–Crippen MR) is 115 cm³/mol. The summed E-state index contributed by atoms with van der Waals surface area (Å²) >= 11 is 1.62. The first-order chi connectivity index (χ1) is 13.5. The van der Waals surface area contributed by atoms with E-state index in [2.05, 4.69) is 17.7 Å². The van der Waals surface area contributed by atoms with E-state index in [1.54, 1.807) is 18.9 Å². The molecule has 28 heavy (non-hydrogen) atoms. The number of nitrogens with one attached hydrogen (secondary N) is 1. The Morgan fingerprint density at radius 2 is 2.25 bits per heavy atom. The van der Waals surface area contributed by atoms with Gasteiger partial charge in [-0.2, -0.15) is 0 Å². The van der Waals surface area contributed by atoms with Crippen LogP contribution in [0.2, 0.25) is 0 Å². The van der Waals surface area contributed by atoms with Crippen molar-refractivity contribution in [1.29, 1.82) is 0 Å². The molecule has 150 valence electrons. The number of carbonyl (C=O) groups is 1. The number of carbonyl (C=O) groups excluding carboxylic acids is 1. The van der Waals surface area contributed by atoms with E-state index in [-0.39, 0.29) is 5.92 Å². The molecule has 1 fully saturated rings. The Morgan fingerprint density at radius 1 is 1.43 bits per heavy atom. The summed E-state index contributed by atoms with van der Waals surface area (Å²) in [5.74, 6) is 1.85. The molecule has 6 nitrogen and oxygen atoms in total. The summed E-state index contributed by atoms with van der Waals surface area (Å²) in [5, 5.41) is 0. The van der Waals surface area contributed by atoms with Crippen LogP contribution >= 0.6 is 11.9 Å². The monoisotopic (exact) mass is 401 g/mol. The van der Waals surface area contributed by atoms with Gasteiger partial charge in [0.15, 0.2) is 5.58 Å². The van der Waals surface area contributed by atoms with Crippen LogP contribution in [0, 0.1) is 0 Å². The van der Waals surface area contributed by atoms with E-state index in [4.69, 9.17) is 14.1 Å². The maximum Gasteiger partial charge on any atom is 0.201 e. The van der Waals surface area contributed by atoms with Crippen molar-refractivity contribution in [3.05, 3.63) is 41.4 Å². The first kappa shape index (κ1) is 20.5. The summed E-state index contributed by atoms with van der Waals surface area (Å²) in [6, 6.07) is 4.06. The Morgan fingerprint density at radius 3 is 2.89 bits per heavy atom. The molecule has 0 amide bonds. The second-order valence-corrected chi connectivity index (χ2v) is 8.14. The molecular weight excluding hydrogens is 374 g/mol. The fraction of sp³-hybridized carbons (Fsp3) is 0.429. The zero-order valence-corrected chi connectivity index (χ0v) is 17.6. The van der Waals surface area contributed by atoms with E-state index < -0.39 is 0 Å². The van der Waals surface area contributed by atoms with Crippen molar-refractivity contribution < 1.29 is 13.9 Å². The van der Waals surface area contributed by atoms with Crippen molar-refractivity contribution in [3.63, 3.8) is 0 Å². The summed E-state index contributed by atoms with van der Waals surface area (Å²) < 4.78 is 15.1. The molecule has 1 saturated heterocycles. The highest BCUT2D eigenvalue weighted by molar-refractivity contribution is 8.00. The molecule has 2 aromatic rings. The fourth-order valence-electron chi connectivity index (χ4n) is 3.12. The van der Waals surface area contributed by atoms with Gasteiger partial charge in [-0.05, 0) is 37.1 Å². The van der Waals surface area contributed by atoms with E-state index in [1.807, 2.05) is 37.3 Å². The lowest BCUT2D eigenvalue weighted by Gasteiger charge is -2.12. The highest BCUT2D eigenvalue weighted by Gasteiger charge is 2.24. The molecule has 1 aliphatic rings. The van der Waals surface area contributed by atoms with Crippen LogP contribution < -0.4 is 4.72 Å². The summed E-state index contributed by atoms with van der Waals surface area (Å²) in [6.07, 6.45) is 5.64. The number of anilines is 1. The minimum absolute atomic E-state index is 0.190. The van der Waals surface area contributed by atoms with Gasteiger partial charge in [-0.1, -0.05) is 18.9 Å². The molecule has 2 heterocycles. The second kappa shape index (κ2) is 9.30. The third-order valence-corrected chi connectivity index (χ3v) is 5.07. The lowest BCUT2D eigenvalue weighted by atomic mass is 10.0. The summed E-state index contributed by atoms with van der Waals surface area (Å²) in [5.41, 5.74) is 4.95. The summed E-state index contributed by atoms with van der Waals surface area (Å²) in [7, 11) is 3.91. The second-order valence-electron chi connectivity index (χ2n) is 7.07. The number of aromatic nitrogens is 1. The van der Waals surface area contributed by atoms with Crippen molar-refractivity contribution in [2.75, 3.05) is 37.8 Å². The number of hydrogen-bond acceptors (Lipinski definition) is 7. The maximum absolute atomic E-state index is 11.2. The minimum Gasteiger partial charge on any atom is -0.440 e. The van der Waals surface area contributed by atoms with E-state index in [1.165, 1.54) is 0 Å². The van der Waals surface area contributed by atoms with Gasteiger partial charge in [0.2, 0.25) is 5.89 Å². The Bertz CT molecular complexity index is 896. The van der Waals surface area contributed by atoms with Crippen LogP contribution in [-0.4, -0.2) is 49.2 Å². The van der Waals surface area contributed by atoms with Crippen LogP contribution in [0.25, 0.3) is 16.7 Å². The zero-order valence-electron chi connectivity index (χ0n) is 16.8. The van der Waals surface area contributed by atoms with Crippen LogP contribution in [0.15, 0.2) is 34.4 Å². The molecular formula is C21H27N3O3S. The number of hydrogen-bond donors (Lipinski definition) is 1. The van der Waals surface area contributed by atoms with Crippen molar-refractivity contribution in [2.45, 2.75) is 26.2 Å². The molecule has 0 aliphatic carbocycles. The molecule has 0 bridgehead atoms. The number of rotatable bonds is 8. The highest BCUT2D eigenvalue weighted by atomic mass is 32.2.